The van der Waals surface area contributed by atoms with E-state index in [9.17, 15) is 9.18 Å². The van der Waals surface area contributed by atoms with Crippen molar-refractivity contribution >= 4 is 11.6 Å². The molecule has 4 nitrogen and oxygen atoms in total. The summed E-state index contributed by atoms with van der Waals surface area (Å²) < 4.78 is 15.1. The number of hydrogen-bond donors (Lipinski definition) is 1. The first-order valence-electron chi connectivity index (χ1n) is 7.55. The Labute approximate surface area is 136 Å². The molecule has 1 unspecified atom stereocenters. The Morgan fingerprint density at radius 1 is 1.35 bits per heavy atom. The Bertz CT molecular complexity index is 758. The molecule has 0 spiro atoms. The van der Waals surface area contributed by atoms with Gasteiger partial charge in [0.05, 0.1) is 5.69 Å². The average molecular weight is 315 g/mol. The van der Waals surface area contributed by atoms with E-state index in [1.54, 1.807) is 6.92 Å². The van der Waals surface area contributed by atoms with E-state index in [4.69, 9.17) is 0 Å². The molecule has 0 aliphatic carbocycles. The molecule has 0 aliphatic rings. The summed E-state index contributed by atoms with van der Waals surface area (Å²) in [5, 5.41) is 6.76. The van der Waals surface area contributed by atoms with Crippen LogP contribution in [0.1, 0.15) is 48.3 Å². The Balaban J connectivity index is 2.34. The number of hydrogen-bond acceptors (Lipinski definition) is 2. The van der Waals surface area contributed by atoms with Gasteiger partial charge >= 0.3 is 0 Å². The number of anilines is 1. The van der Waals surface area contributed by atoms with Crippen molar-refractivity contribution in [2.75, 3.05) is 5.32 Å². The van der Waals surface area contributed by atoms with Crippen molar-refractivity contribution in [3.8, 4) is 0 Å². The Morgan fingerprint density at radius 3 is 2.57 bits per heavy atom. The fourth-order valence-corrected chi connectivity index (χ4v) is 2.67. The van der Waals surface area contributed by atoms with Crippen molar-refractivity contribution in [1.29, 1.82) is 0 Å². The van der Waals surface area contributed by atoms with Crippen LogP contribution in [0.15, 0.2) is 35.9 Å². The van der Waals surface area contributed by atoms with E-state index >= 15 is 0 Å². The number of aromatic nitrogens is 2. The lowest BCUT2D eigenvalue weighted by Gasteiger charge is -2.15. The van der Waals surface area contributed by atoms with Crippen LogP contribution < -0.4 is 5.32 Å². The van der Waals surface area contributed by atoms with Gasteiger partial charge in [-0.2, -0.15) is 9.49 Å². The van der Waals surface area contributed by atoms with E-state index in [-0.39, 0.29) is 11.5 Å². The van der Waals surface area contributed by atoms with Crippen molar-refractivity contribution in [1.82, 2.24) is 9.78 Å². The minimum Gasteiger partial charge on any atom is -0.322 e. The topological polar surface area (TPSA) is 46.9 Å². The number of halogens is 1. The minimum atomic E-state index is -0.630. The number of carbonyl (C=O) groups is 1. The summed E-state index contributed by atoms with van der Waals surface area (Å²) in [6, 6.07) is 7.56. The minimum absolute atomic E-state index is 0.0165. The van der Waals surface area contributed by atoms with Crippen LogP contribution in [-0.2, 0) is 7.05 Å². The molecule has 23 heavy (non-hydrogen) atoms. The zero-order valence-electron chi connectivity index (χ0n) is 14.1. The van der Waals surface area contributed by atoms with Gasteiger partial charge in [0.25, 0.3) is 5.91 Å². The van der Waals surface area contributed by atoms with Crippen LogP contribution in [0.2, 0.25) is 0 Å². The largest absolute Gasteiger partial charge is 0.322 e. The van der Waals surface area contributed by atoms with Crippen LogP contribution in [0.5, 0.6) is 0 Å². The molecular formula is C18H22FN3O. The molecule has 0 aliphatic heterocycles. The van der Waals surface area contributed by atoms with E-state index in [1.807, 2.05) is 38.1 Å². The number of para-hydroxylation sites is 1. The van der Waals surface area contributed by atoms with Gasteiger partial charge in [-0.05, 0) is 32.4 Å². The smallest absolute Gasteiger partial charge is 0.262 e. The van der Waals surface area contributed by atoms with Gasteiger partial charge in [0.15, 0.2) is 0 Å². The summed E-state index contributed by atoms with van der Waals surface area (Å²) in [6.07, 6.45) is 2.13. The predicted octanol–water partition coefficient (Wildman–Crippen LogP) is 4.19. The van der Waals surface area contributed by atoms with E-state index in [0.29, 0.717) is 11.4 Å². The van der Waals surface area contributed by atoms with Crippen molar-refractivity contribution in [3.05, 3.63) is 58.7 Å². The van der Waals surface area contributed by atoms with Crippen LogP contribution in [0.25, 0.3) is 0 Å². The molecule has 1 aromatic heterocycles. The number of aryl methyl sites for hydroxylation is 2. The highest BCUT2D eigenvalue weighted by Crippen LogP contribution is 2.27. The van der Waals surface area contributed by atoms with Gasteiger partial charge in [0.1, 0.15) is 5.56 Å². The predicted molar refractivity (Wildman–Crippen MR) is 90.1 cm³/mol. The Morgan fingerprint density at radius 2 is 2.00 bits per heavy atom. The van der Waals surface area contributed by atoms with Crippen LogP contribution in [0.3, 0.4) is 0 Å². The second kappa shape index (κ2) is 6.77. The van der Waals surface area contributed by atoms with Crippen molar-refractivity contribution in [3.63, 3.8) is 0 Å². The van der Waals surface area contributed by atoms with E-state index in [2.05, 4.69) is 23.4 Å². The van der Waals surface area contributed by atoms with E-state index in [0.717, 1.165) is 10.2 Å². The first kappa shape index (κ1) is 16.9. The Kier molecular flexibility index (Phi) is 4.98. The summed E-state index contributed by atoms with van der Waals surface area (Å²) in [6.45, 7) is 7.75. The van der Waals surface area contributed by atoms with Gasteiger partial charge in [0, 0.05) is 18.7 Å². The maximum absolute atomic E-state index is 14.0. The first-order valence-corrected chi connectivity index (χ1v) is 7.55. The molecule has 1 heterocycles. The van der Waals surface area contributed by atoms with Gasteiger partial charge < -0.3 is 5.32 Å². The molecule has 1 amide bonds. The summed E-state index contributed by atoms with van der Waals surface area (Å²) in [5.74, 6) is -0.962. The highest BCUT2D eigenvalue weighted by atomic mass is 19.1. The van der Waals surface area contributed by atoms with Crippen molar-refractivity contribution < 1.29 is 9.18 Å². The molecule has 1 N–H and O–H groups in total. The second-order valence-corrected chi connectivity index (χ2v) is 5.95. The van der Waals surface area contributed by atoms with Crippen LogP contribution >= 0.6 is 0 Å². The molecule has 0 radical (unpaired) electrons. The fourth-order valence-electron chi connectivity index (χ4n) is 2.67. The fraction of sp³-hybridized carbons (Fsp3) is 0.333. The molecule has 1 atom stereocenters. The van der Waals surface area contributed by atoms with Gasteiger partial charge in [-0.1, -0.05) is 36.8 Å². The summed E-state index contributed by atoms with van der Waals surface area (Å²) in [7, 11) is 1.48. The van der Waals surface area contributed by atoms with Gasteiger partial charge in [0.2, 0.25) is 5.95 Å². The van der Waals surface area contributed by atoms with Crippen molar-refractivity contribution in [2.24, 2.45) is 7.05 Å². The van der Waals surface area contributed by atoms with Gasteiger partial charge in [-0.25, -0.2) is 4.68 Å². The SMILES string of the molecule is CC(C)=CC(C)c1ccccc1NC(=O)c1c(C)nn(C)c1F. The van der Waals surface area contributed by atoms with Crippen LogP contribution in [0, 0.1) is 12.9 Å². The lowest BCUT2D eigenvalue weighted by molar-refractivity contribution is 0.102. The normalized spacial score (nSPS) is 11.9. The third kappa shape index (κ3) is 3.67. The molecule has 2 rings (SSSR count). The number of amides is 1. The molecule has 1 aromatic carbocycles. The number of nitrogens with one attached hydrogen (secondary N) is 1. The highest BCUT2D eigenvalue weighted by Gasteiger charge is 2.21. The molecule has 0 saturated heterocycles. The molecule has 0 saturated carbocycles. The third-order valence-corrected chi connectivity index (χ3v) is 3.66. The maximum atomic E-state index is 14.0. The number of nitrogens with zero attached hydrogens (tertiary/aromatic N) is 2. The third-order valence-electron chi connectivity index (χ3n) is 3.66. The number of carbonyl (C=O) groups excluding carboxylic acids is 1. The van der Waals surface area contributed by atoms with Crippen molar-refractivity contribution in [2.45, 2.75) is 33.6 Å². The molecule has 5 heteroatoms. The number of allylic oxidation sites excluding steroid dienone is 2. The van der Waals surface area contributed by atoms with Gasteiger partial charge in [-0.3, -0.25) is 4.79 Å². The molecule has 122 valence electrons. The molecular weight excluding hydrogens is 293 g/mol. The van der Waals surface area contributed by atoms with Crippen LogP contribution in [-0.4, -0.2) is 15.7 Å². The molecule has 0 bridgehead atoms. The molecule has 2 aromatic rings. The summed E-state index contributed by atoms with van der Waals surface area (Å²) >= 11 is 0. The monoisotopic (exact) mass is 315 g/mol. The lowest BCUT2D eigenvalue weighted by Crippen LogP contribution is -2.16. The maximum Gasteiger partial charge on any atom is 0.262 e. The van der Waals surface area contributed by atoms with Gasteiger partial charge in [-0.15, -0.1) is 0 Å². The summed E-state index contributed by atoms with van der Waals surface area (Å²) in [5.41, 5.74) is 3.23. The van der Waals surface area contributed by atoms with E-state index < -0.39 is 11.9 Å². The van der Waals surface area contributed by atoms with E-state index in [1.165, 1.54) is 12.6 Å². The lowest BCUT2D eigenvalue weighted by atomic mass is 9.97. The quantitative estimate of drug-likeness (QED) is 0.860. The standard InChI is InChI=1S/C18H22FN3O/c1-11(2)10-12(3)14-8-6-7-9-15(14)20-18(23)16-13(4)21-22(5)17(16)19/h6-10,12H,1-5H3,(H,20,23). The van der Waals surface area contributed by atoms with Crippen LogP contribution in [0.4, 0.5) is 10.1 Å². The highest BCUT2D eigenvalue weighted by molar-refractivity contribution is 6.05. The zero-order valence-corrected chi connectivity index (χ0v) is 14.1. The number of benzene rings is 1. The number of rotatable bonds is 4. The molecule has 0 fully saturated rings. The Hall–Kier alpha value is -2.43. The zero-order chi connectivity index (χ0) is 17.1. The first-order chi connectivity index (χ1) is 10.8. The second-order valence-electron chi connectivity index (χ2n) is 5.95. The summed E-state index contributed by atoms with van der Waals surface area (Å²) in [4.78, 5) is 12.4. The average Bonchev–Trinajstić information content (AvgIpc) is 2.71.